The standard InChI is InChI=1S/C27H27N3O4/c1-3-16-34-22-7-4-6-21(17-22)24-23(25(31)20-10-8-19(2)9-11-20)26(32)27(33)30(24)14-5-13-29-15-12-28-18-29/h3-4,6-12,15,17-18,24,31H,1,5,13-14,16H2,2H3/t24-/m0/s1. The topological polar surface area (TPSA) is 84.7 Å². The molecule has 7 nitrogen and oxygen atoms in total. The van der Waals surface area contributed by atoms with E-state index in [0.29, 0.717) is 43.0 Å². The molecule has 0 radical (unpaired) electrons. The molecule has 174 valence electrons. The van der Waals surface area contributed by atoms with Crippen LogP contribution in [-0.4, -0.2) is 44.4 Å². The van der Waals surface area contributed by atoms with Crippen LogP contribution in [0.4, 0.5) is 0 Å². The number of amides is 1. The highest BCUT2D eigenvalue weighted by molar-refractivity contribution is 6.46. The first-order valence-electron chi connectivity index (χ1n) is 11.1. The van der Waals surface area contributed by atoms with Crippen molar-refractivity contribution in [2.75, 3.05) is 13.2 Å². The quantitative estimate of drug-likeness (QED) is 0.225. The van der Waals surface area contributed by atoms with Gasteiger partial charge in [0.25, 0.3) is 11.7 Å². The first-order valence-corrected chi connectivity index (χ1v) is 11.1. The second-order valence-electron chi connectivity index (χ2n) is 8.18. The van der Waals surface area contributed by atoms with Gasteiger partial charge in [0, 0.05) is 31.0 Å². The predicted octanol–water partition coefficient (Wildman–Crippen LogP) is 4.27. The van der Waals surface area contributed by atoms with Crippen molar-refractivity contribution in [1.82, 2.24) is 14.5 Å². The minimum Gasteiger partial charge on any atom is -0.507 e. The Kier molecular flexibility index (Phi) is 6.92. The van der Waals surface area contributed by atoms with Gasteiger partial charge in [-0.25, -0.2) is 4.98 Å². The lowest BCUT2D eigenvalue weighted by Gasteiger charge is -2.25. The molecule has 3 aromatic rings. The van der Waals surface area contributed by atoms with Crippen molar-refractivity contribution < 1.29 is 19.4 Å². The molecule has 4 rings (SSSR count). The summed E-state index contributed by atoms with van der Waals surface area (Å²) in [4.78, 5) is 31.8. The molecule has 2 heterocycles. The van der Waals surface area contributed by atoms with Crippen LogP contribution >= 0.6 is 0 Å². The summed E-state index contributed by atoms with van der Waals surface area (Å²) in [5.74, 6) is -0.903. The van der Waals surface area contributed by atoms with Crippen molar-refractivity contribution in [2.24, 2.45) is 0 Å². The van der Waals surface area contributed by atoms with E-state index in [1.54, 1.807) is 42.9 Å². The van der Waals surface area contributed by atoms with Gasteiger partial charge in [-0.3, -0.25) is 9.59 Å². The van der Waals surface area contributed by atoms with E-state index in [-0.39, 0.29) is 11.3 Å². The maximum atomic E-state index is 13.2. The summed E-state index contributed by atoms with van der Waals surface area (Å²) < 4.78 is 7.59. The zero-order valence-corrected chi connectivity index (χ0v) is 19.1. The van der Waals surface area contributed by atoms with Gasteiger partial charge in [0.15, 0.2) is 0 Å². The Morgan fingerprint density at radius 2 is 1.97 bits per heavy atom. The molecule has 0 bridgehead atoms. The Balaban J connectivity index is 1.73. The number of aromatic nitrogens is 2. The van der Waals surface area contributed by atoms with Crippen molar-refractivity contribution in [1.29, 1.82) is 0 Å². The Labute approximate surface area is 198 Å². The summed E-state index contributed by atoms with van der Waals surface area (Å²) in [6.45, 7) is 6.93. The number of benzene rings is 2. The lowest BCUT2D eigenvalue weighted by atomic mass is 9.95. The zero-order chi connectivity index (χ0) is 24.1. The van der Waals surface area contributed by atoms with Gasteiger partial charge in [0.05, 0.1) is 17.9 Å². The largest absolute Gasteiger partial charge is 0.507 e. The SMILES string of the molecule is C=CCOc1cccc([C@H]2C(=C(O)c3ccc(C)cc3)C(=O)C(=O)N2CCCn2ccnc2)c1. The summed E-state index contributed by atoms with van der Waals surface area (Å²) >= 11 is 0. The molecule has 1 N–H and O–H groups in total. The van der Waals surface area contributed by atoms with Crippen LogP contribution in [-0.2, 0) is 16.1 Å². The number of hydrogen-bond acceptors (Lipinski definition) is 5. The summed E-state index contributed by atoms with van der Waals surface area (Å²) in [5, 5.41) is 11.2. The third kappa shape index (κ3) is 4.78. The highest BCUT2D eigenvalue weighted by atomic mass is 16.5. The molecule has 1 atom stereocenters. The smallest absolute Gasteiger partial charge is 0.295 e. The van der Waals surface area contributed by atoms with Gasteiger partial charge < -0.3 is 19.3 Å². The number of carbonyl (C=O) groups is 2. The van der Waals surface area contributed by atoms with Gasteiger partial charge in [0.1, 0.15) is 18.1 Å². The number of Topliss-reactive ketones (excluding diaryl/α,β-unsaturated/α-hetero) is 1. The van der Waals surface area contributed by atoms with Crippen LogP contribution in [0.25, 0.3) is 5.76 Å². The summed E-state index contributed by atoms with van der Waals surface area (Å²) in [6.07, 6.45) is 7.53. The van der Waals surface area contributed by atoms with E-state index in [2.05, 4.69) is 11.6 Å². The minimum atomic E-state index is -0.726. The van der Waals surface area contributed by atoms with E-state index in [9.17, 15) is 14.7 Å². The van der Waals surface area contributed by atoms with Crippen LogP contribution in [0.2, 0.25) is 0 Å². The first kappa shape index (κ1) is 23.0. The molecule has 0 aliphatic carbocycles. The Hall–Kier alpha value is -4.13. The number of rotatable bonds is 9. The molecular formula is C27H27N3O4. The van der Waals surface area contributed by atoms with E-state index in [1.807, 2.05) is 42.0 Å². The normalized spacial score (nSPS) is 17.2. The summed E-state index contributed by atoms with van der Waals surface area (Å²) in [5.41, 5.74) is 2.29. The Morgan fingerprint density at radius 1 is 1.18 bits per heavy atom. The van der Waals surface area contributed by atoms with Crippen molar-refractivity contribution in [3.05, 3.63) is 102 Å². The van der Waals surface area contributed by atoms with E-state index in [4.69, 9.17) is 4.74 Å². The first-order chi connectivity index (χ1) is 16.5. The maximum Gasteiger partial charge on any atom is 0.295 e. The van der Waals surface area contributed by atoms with Crippen molar-refractivity contribution in [2.45, 2.75) is 25.9 Å². The number of ketones is 1. The van der Waals surface area contributed by atoms with Crippen LogP contribution in [0.1, 0.15) is 29.2 Å². The molecule has 1 aliphatic heterocycles. The zero-order valence-electron chi connectivity index (χ0n) is 19.1. The lowest BCUT2D eigenvalue weighted by molar-refractivity contribution is -0.139. The molecule has 1 aliphatic rings. The number of likely N-dealkylation sites (tertiary alicyclic amines) is 1. The molecule has 1 saturated heterocycles. The molecule has 1 amide bonds. The van der Waals surface area contributed by atoms with Gasteiger partial charge in [-0.1, -0.05) is 54.6 Å². The van der Waals surface area contributed by atoms with Crippen molar-refractivity contribution in [3.8, 4) is 5.75 Å². The number of imidazole rings is 1. The van der Waals surface area contributed by atoms with E-state index in [0.717, 1.165) is 5.56 Å². The van der Waals surface area contributed by atoms with Crippen LogP contribution < -0.4 is 4.74 Å². The highest BCUT2D eigenvalue weighted by Gasteiger charge is 2.45. The average Bonchev–Trinajstić information content (AvgIpc) is 3.45. The number of aliphatic hydroxyl groups is 1. The molecule has 2 aromatic carbocycles. The third-order valence-electron chi connectivity index (χ3n) is 5.78. The number of aliphatic hydroxyl groups excluding tert-OH is 1. The van der Waals surface area contributed by atoms with Crippen LogP contribution in [0, 0.1) is 6.92 Å². The number of ether oxygens (including phenoxy) is 1. The molecule has 0 saturated carbocycles. The van der Waals surface area contributed by atoms with Gasteiger partial charge in [-0.05, 0) is 31.0 Å². The molecule has 34 heavy (non-hydrogen) atoms. The second-order valence-corrected chi connectivity index (χ2v) is 8.18. The monoisotopic (exact) mass is 457 g/mol. The van der Waals surface area contributed by atoms with E-state index >= 15 is 0 Å². The van der Waals surface area contributed by atoms with Crippen molar-refractivity contribution in [3.63, 3.8) is 0 Å². The molecular weight excluding hydrogens is 430 g/mol. The number of hydrogen-bond donors (Lipinski definition) is 1. The Morgan fingerprint density at radius 3 is 2.68 bits per heavy atom. The highest BCUT2D eigenvalue weighted by Crippen LogP contribution is 2.40. The van der Waals surface area contributed by atoms with Gasteiger partial charge in [-0.2, -0.15) is 0 Å². The maximum absolute atomic E-state index is 13.2. The number of nitrogens with zero attached hydrogens (tertiary/aromatic N) is 3. The Bertz CT molecular complexity index is 1210. The minimum absolute atomic E-state index is 0.0809. The third-order valence-corrected chi connectivity index (χ3v) is 5.78. The van der Waals surface area contributed by atoms with Crippen LogP contribution in [0.15, 0.2) is 85.5 Å². The number of carbonyl (C=O) groups excluding carboxylic acids is 2. The van der Waals surface area contributed by atoms with E-state index in [1.165, 1.54) is 4.90 Å². The molecule has 1 fully saturated rings. The lowest BCUT2D eigenvalue weighted by Crippen LogP contribution is -2.31. The van der Waals surface area contributed by atoms with E-state index < -0.39 is 17.7 Å². The van der Waals surface area contributed by atoms with Crippen LogP contribution in [0.5, 0.6) is 5.75 Å². The second kappa shape index (κ2) is 10.2. The fourth-order valence-electron chi connectivity index (χ4n) is 4.10. The van der Waals surface area contributed by atoms with Gasteiger partial charge in [-0.15, -0.1) is 0 Å². The molecule has 0 unspecified atom stereocenters. The fraction of sp³-hybridized carbons (Fsp3) is 0.222. The predicted molar refractivity (Wildman–Crippen MR) is 129 cm³/mol. The van der Waals surface area contributed by atoms with Gasteiger partial charge in [0.2, 0.25) is 0 Å². The van der Waals surface area contributed by atoms with Crippen LogP contribution in [0.3, 0.4) is 0 Å². The molecule has 7 heteroatoms. The average molecular weight is 458 g/mol. The number of aryl methyl sites for hydroxylation is 2. The summed E-state index contributed by atoms with van der Waals surface area (Å²) in [6, 6.07) is 13.7. The summed E-state index contributed by atoms with van der Waals surface area (Å²) in [7, 11) is 0. The molecule has 1 aromatic heterocycles. The molecule has 0 spiro atoms. The van der Waals surface area contributed by atoms with Crippen molar-refractivity contribution >= 4 is 17.4 Å². The fourth-order valence-corrected chi connectivity index (χ4v) is 4.10. The van der Waals surface area contributed by atoms with Gasteiger partial charge >= 0.3 is 0 Å².